The maximum absolute atomic E-state index is 13.0. The molecule has 0 aromatic heterocycles. The fourth-order valence-corrected chi connectivity index (χ4v) is 3.60. The minimum atomic E-state index is -0.252. The predicted molar refractivity (Wildman–Crippen MR) is 115 cm³/mol. The number of benzene rings is 3. The van der Waals surface area contributed by atoms with Crippen molar-refractivity contribution in [3.8, 4) is 11.5 Å². The molecule has 3 nitrogen and oxygen atoms in total. The van der Waals surface area contributed by atoms with Crippen LogP contribution in [0.3, 0.4) is 0 Å². The summed E-state index contributed by atoms with van der Waals surface area (Å²) >= 11 is 8.26. The normalized spacial score (nSPS) is 10.5. The van der Waals surface area contributed by atoms with Crippen molar-refractivity contribution in [2.75, 3.05) is 12.4 Å². The summed E-state index contributed by atoms with van der Waals surface area (Å²) in [7, 11) is 1.62. The predicted octanol–water partition coefficient (Wildman–Crippen LogP) is 6.28. The number of nitrogens with one attached hydrogen (secondary N) is 1. The van der Waals surface area contributed by atoms with Gasteiger partial charge in [-0.15, -0.1) is 0 Å². The topological polar surface area (TPSA) is 30.5 Å². The largest absolute Gasteiger partial charge is 0.493 e. The maximum Gasteiger partial charge on any atom is 0.174 e. The third kappa shape index (κ3) is 5.49. The molecule has 0 unspecified atom stereocenters. The summed E-state index contributed by atoms with van der Waals surface area (Å²) in [4.78, 5) is 0. The van der Waals surface area contributed by atoms with Crippen molar-refractivity contribution in [3.63, 3.8) is 0 Å². The second kappa shape index (κ2) is 9.28. The van der Waals surface area contributed by atoms with Gasteiger partial charge in [0.2, 0.25) is 0 Å². The van der Waals surface area contributed by atoms with Gasteiger partial charge in [0.05, 0.1) is 10.7 Å². The molecule has 0 aliphatic heterocycles. The maximum atomic E-state index is 13.0. The Bertz CT molecular complexity index is 919. The van der Waals surface area contributed by atoms with Crippen LogP contribution in [0.25, 0.3) is 0 Å². The van der Waals surface area contributed by atoms with Gasteiger partial charge >= 0.3 is 0 Å². The lowest BCUT2D eigenvalue weighted by atomic mass is 10.2. The zero-order valence-electron chi connectivity index (χ0n) is 14.6. The SMILES string of the molecule is COc1cc(CNc2ccc(F)cc2)cc(I)c1OCc1cccc(Cl)c1. The molecule has 0 fully saturated rings. The minimum Gasteiger partial charge on any atom is -0.493 e. The smallest absolute Gasteiger partial charge is 0.174 e. The Kier molecular flexibility index (Phi) is 6.79. The fraction of sp³-hybridized carbons (Fsp3) is 0.143. The number of anilines is 1. The van der Waals surface area contributed by atoms with Gasteiger partial charge in [0.15, 0.2) is 11.5 Å². The third-order valence-electron chi connectivity index (χ3n) is 3.90. The average molecular weight is 498 g/mol. The van der Waals surface area contributed by atoms with Crippen LogP contribution in [0.15, 0.2) is 60.7 Å². The summed E-state index contributed by atoms with van der Waals surface area (Å²) in [5.74, 6) is 1.11. The molecule has 0 atom stereocenters. The van der Waals surface area contributed by atoms with Crippen LogP contribution in [-0.2, 0) is 13.2 Å². The van der Waals surface area contributed by atoms with Crippen molar-refractivity contribution in [1.29, 1.82) is 0 Å². The number of methoxy groups -OCH3 is 1. The van der Waals surface area contributed by atoms with E-state index >= 15 is 0 Å². The Morgan fingerprint density at radius 2 is 1.81 bits per heavy atom. The van der Waals surface area contributed by atoms with Crippen LogP contribution in [0.1, 0.15) is 11.1 Å². The van der Waals surface area contributed by atoms with E-state index in [0.717, 1.165) is 20.4 Å². The number of hydrogen-bond donors (Lipinski definition) is 1. The second-order valence-corrected chi connectivity index (χ2v) is 7.49. The van der Waals surface area contributed by atoms with E-state index in [2.05, 4.69) is 27.9 Å². The van der Waals surface area contributed by atoms with Gasteiger partial charge in [-0.3, -0.25) is 0 Å². The molecule has 27 heavy (non-hydrogen) atoms. The van der Waals surface area contributed by atoms with Crippen LogP contribution < -0.4 is 14.8 Å². The molecule has 6 heteroatoms. The Hall–Kier alpha value is -1.99. The van der Waals surface area contributed by atoms with Crippen molar-refractivity contribution >= 4 is 39.9 Å². The van der Waals surface area contributed by atoms with E-state index < -0.39 is 0 Å². The minimum absolute atomic E-state index is 0.252. The summed E-state index contributed by atoms with van der Waals surface area (Å²) in [6.07, 6.45) is 0. The van der Waals surface area contributed by atoms with E-state index in [-0.39, 0.29) is 5.82 Å². The van der Waals surface area contributed by atoms with Crippen molar-refractivity contribution in [2.45, 2.75) is 13.2 Å². The van der Waals surface area contributed by atoms with Crippen molar-refractivity contribution in [2.24, 2.45) is 0 Å². The van der Waals surface area contributed by atoms with Crippen LogP contribution >= 0.6 is 34.2 Å². The fourth-order valence-electron chi connectivity index (χ4n) is 2.57. The van der Waals surface area contributed by atoms with Gasteiger partial charge in [-0.05, 0) is 82.2 Å². The Balaban J connectivity index is 1.71. The second-order valence-electron chi connectivity index (χ2n) is 5.89. The van der Waals surface area contributed by atoms with Gasteiger partial charge < -0.3 is 14.8 Å². The highest BCUT2D eigenvalue weighted by Gasteiger charge is 2.12. The van der Waals surface area contributed by atoms with Gasteiger partial charge in [-0.2, -0.15) is 0 Å². The third-order valence-corrected chi connectivity index (χ3v) is 4.94. The molecular formula is C21H18ClFINO2. The Morgan fingerprint density at radius 3 is 2.52 bits per heavy atom. The standard InChI is InChI=1S/C21H18ClFINO2/c1-26-20-11-15(12-25-18-7-5-17(23)6-8-18)10-19(24)21(20)27-13-14-3-2-4-16(22)9-14/h2-11,25H,12-13H2,1H3. The van der Waals surface area contributed by atoms with Crippen LogP contribution in [0, 0.1) is 9.39 Å². The van der Waals surface area contributed by atoms with Crippen molar-refractivity contribution < 1.29 is 13.9 Å². The number of hydrogen-bond acceptors (Lipinski definition) is 3. The zero-order chi connectivity index (χ0) is 19.2. The van der Waals surface area contributed by atoms with Crippen molar-refractivity contribution in [3.05, 3.63) is 86.2 Å². The molecule has 0 bridgehead atoms. The molecule has 3 aromatic rings. The van der Waals surface area contributed by atoms with Gasteiger partial charge in [-0.1, -0.05) is 23.7 Å². The number of ether oxygens (including phenoxy) is 2. The molecule has 0 saturated heterocycles. The van der Waals surface area contributed by atoms with E-state index in [0.29, 0.717) is 29.7 Å². The quantitative estimate of drug-likeness (QED) is 0.390. The summed E-state index contributed by atoms with van der Waals surface area (Å²) in [5, 5.41) is 3.95. The van der Waals surface area contributed by atoms with Gasteiger partial charge in [0.25, 0.3) is 0 Å². The molecule has 0 aliphatic carbocycles. The van der Waals surface area contributed by atoms with E-state index in [1.807, 2.05) is 36.4 Å². The molecule has 0 heterocycles. The summed E-state index contributed by atoms with van der Waals surface area (Å²) < 4.78 is 25.4. The van der Waals surface area contributed by atoms with E-state index in [9.17, 15) is 4.39 Å². The highest BCUT2D eigenvalue weighted by molar-refractivity contribution is 14.1. The molecule has 0 radical (unpaired) electrons. The van der Waals surface area contributed by atoms with E-state index in [4.69, 9.17) is 21.1 Å². The first-order valence-electron chi connectivity index (χ1n) is 8.28. The first-order chi connectivity index (χ1) is 13.0. The first kappa shape index (κ1) is 19.8. The number of rotatable bonds is 7. The van der Waals surface area contributed by atoms with Gasteiger partial charge in [-0.25, -0.2) is 4.39 Å². The van der Waals surface area contributed by atoms with Crippen LogP contribution in [0.5, 0.6) is 11.5 Å². The molecule has 0 spiro atoms. The molecule has 0 saturated carbocycles. The highest BCUT2D eigenvalue weighted by Crippen LogP contribution is 2.35. The molecule has 3 rings (SSSR count). The van der Waals surface area contributed by atoms with Gasteiger partial charge in [0.1, 0.15) is 12.4 Å². The van der Waals surface area contributed by atoms with Gasteiger partial charge in [0, 0.05) is 17.3 Å². The molecular weight excluding hydrogens is 480 g/mol. The summed E-state index contributed by atoms with van der Waals surface area (Å²) in [6, 6.07) is 17.8. The first-order valence-corrected chi connectivity index (χ1v) is 9.74. The number of halogens is 3. The zero-order valence-corrected chi connectivity index (χ0v) is 17.6. The highest BCUT2D eigenvalue weighted by atomic mass is 127. The molecule has 140 valence electrons. The van der Waals surface area contributed by atoms with Crippen LogP contribution in [0.2, 0.25) is 5.02 Å². The summed E-state index contributed by atoms with van der Waals surface area (Å²) in [5.41, 5.74) is 2.88. The Morgan fingerprint density at radius 1 is 1.04 bits per heavy atom. The average Bonchev–Trinajstić information content (AvgIpc) is 2.66. The van der Waals surface area contributed by atoms with E-state index in [1.165, 1.54) is 12.1 Å². The molecule has 1 N–H and O–H groups in total. The van der Waals surface area contributed by atoms with Crippen LogP contribution in [-0.4, -0.2) is 7.11 Å². The van der Waals surface area contributed by atoms with Crippen molar-refractivity contribution in [1.82, 2.24) is 0 Å². The Labute approximate surface area is 176 Å². The molecule has 0 amide bonds. The lowest BCUT2D eigenvalue weighted by Gasteiger charge is -2.15. The summed E-state index contributed by atoms with van der Waals surface area (Å²) in [6.45, 7) is 0.993. The molecule has 0 aliphatic rings. The van der Waals surface area contributed by atoms with E-state index in [1.54, 1.807) is 19.2 Å². The molecule has 3 aromatic carbocycles. The monoisotopic (exact) mass is 497 g/mol. The lowest BCUT2D eigenvalue weighted by molar-refractivity contribution is 0.282. The van der Waals surface area contributed by atoms with Crippen LogP contribution in [0.4, 0.5) is 10.1 Å². The lowest BCUT2D eigenvalue weighted by Crippen LogP contribution is -2.03.